The number of esters is 1. The number of pyridine rings is 1. The predicted octanol–water partition coefficient (Wildman–Crippen LogP) is 5.16. The molecule has 1 aliphatic heterocycles. The summed E-state index contributed by atoms with van der Waals surface area (Å²) in [6.45, 7) is 1.42. The second kappa shape index (κ2) is 11.9. The maximum Gasteiger partial charge on any atom is 0.325 e. The Bertz CT molecular complexity index is 1260. The van der Waals surface area contributed by atoms with Crippen molar-refractivity contribution in [2.45, 2.75) is 13.0 Å². The summed E-state index contributed by atoms with van der Waals surface area (Å²) in [6.07, 6.45) is 2.83. The quantitative estimate of drug-likeness (QED) is 0.323. The van der Waals surface area contributed by atoms with Gasteiger partial charge in [-0.25, -0.2) is 4.98 Å². The van der Waals surface area contributed by atoms with Crippen LogP contribution in [0.25, 0.3) is 5.57 Å². The normalized spacial score (nSPS) is 13.1. The van der Waals surface area contributed by atoms with E-state index < -0.39 is 11.9 Å². The summed E-state index contributed by atoms with van der Waals surface area (Å²) in [5, 5.41) is 3.39. The molecule has 0 aliphatic carbocycles. The molecule has 9 heteroatoms. The lowest BCUT2D eigenvalue weighted by molar-refractivity contribution is -0.139. The molecule has 4 rings (SSSR count). The van der Waals surface area contributed by atoms with Gasteiger partial charge in [0.1, 0.15) is 18.3 Å². The Kier molecular flexibility index (Phi) is 8.46. The Morgan fingerprint density at radius 1 is 1.08 bits per heavy atom. The van der Waals surface area contributed by atoms with Crippen LogP contribution in [-0.2, 0) is 16.1 Å². The van der Waals surface area contributed by atoms with Crippen molar-refractivity contribution in [3.8, 4) is 5.75 Å². The number of ether oxygens (including phenoxy) is 2. The van der Waals surface area contributed by atoms with Crippen molar-refractivity contribution in [3.63, 3.8) is 0 Å². The Morgan fingerprint density at radius 2 is 1.83 bits per heavy atom. The van der Waals surface area contributed by atoms with Crippen LogP contribution in [0.3, 0.4) is 0 Å². The first-order valence-electron chi connectivity index (χ1n) is 11.4. The Hall–Kier alpha value is -3.55. The van der Waals surface area contributed by atoms with Crippen molar-refractivity contribution in [2.75, 3.05) is 31.6 Å². The van der Waals surface area contributed by atoms with E-state index in [2.05, 4.69) is 26.0 Å². The average molecular weight is 526 g/mol. The number of halogens is 2. The number of rotatable bonds is 8. The van der Waals surface area contributed by atoms with Crippen LogP contribution >= 0.6 is 23.2 Å². The van der Waals surface area contributed by atoms with Gasteiger partial charge in [-0.3, -0.25) is 9.59 Å². The maximum atomic E-state index is 12.8. The third-order valence-electron chi connectivity index (χ3n) is 5.76. The fourth-order valence-corrected chi connectivity index (χ4v) is 4.20. The Morgan fingerprint density at radius 3 is 2.50 bits per heavy atom. The highest BCUT2D eigenvalue weighted by Crippen LogP contribution is 2.34. The standard InChI is InChI=1S/C27H25Cl2N3O4/c1-35-24(33)16-30-27(34)25-23(36-17-18-5-3-2-4-6-18)15-22(26(29)31-25)19-11-13-32(14-12-19)21-9-7-20(28)8-10-21/h2-11,15H,12-14,16-17H2,1H3,(H,30,34). The number of aromatic nitrogens is 1. The lowest BCUT2D eigenvalue weighted by atomic mass is 10.00. The molecule has 1 aliphatic rings. The topological polar surface area (TPSA) is 80.8 Å². The molecule has 3 aromatic rings. The van der Waals surface area contributed by atoms with Gasteiger partial charge in [0.15, 0.2) is 11.4 Å². The van der Waals surface area contributed by atoms with Crippen molar-refractivity contribution in [2.24, 2.45) is 0 Å². The molecule has 1 N–H and O–H groups in total. The van der Waals surface area contributed by atoms with E-state index in [1.165, 1.54) is 7.11 Å². The molecule has 1 aromatic heterocycles. The number of hydrogen-bond donors (Lipinski definition) is 1. The maximum absolute atomic E-state index is 12.8. The smallest absolute Gasteiger partial charge is 0.325 e. The number of carbonyl (C=O) groups is 2. The molecule has 7 nitrogen and oxygen atoms in total. The number of methoxy groups -OCH3 is 1. The molecule has 186 valence electrons. The minimum Gasteiger partial charge on any atom is -0.486 e. The molecule has 36 heavy (non-hydrogen) atoms. The largest absolute Gasteiger partial charge is 0.486 e. The predicted molar refractivity (Wildman–Crippen MR) is 141 cm³/mol. The zero-order chi connectivity index (χ0) is 25.5. The molecular weight excluding hydrogens is 501 g/mol. The fourth-order valence-electron chi connectivity index (χ4n) is 3.81. The highest BCUT2D eigenvalue weighted by atomic mass is 35.5. The van der Waals surface area contributed by atoms with Gasteiger partial charge < -0.3 is 19.7 Å². The van der Waals surface area contributed by atoms with E-state index in [-0.39, 0.29) is 29.7 Å². The first-order chi connectivity index (χ1) is 17.4. The van der Waals surface area contributed by atoms with Crippen LogP contribution in [0.1, 0.15) is 28.0 Å². The summed E-state index contributed by atoms with van der Waals surface area (Å²) < 4.78 is 10.6. The zero-order valence-electron chi connectivity index (χ0n) is 19.7. The van der Waals surface area contributed by atoms with Gasteiger partial charge >= 0.3 is 5.97 Å². The van der Waals surface area contributed by atoms with Crippen molar-refractivity contribution in [3.05, 3.63) is 93.7 Å². The third kappa shape index (κ3) is 6.36. The van der Waals surface area contributed by atoms with Crippen LogP contribution in [0.5, 0.6) is 5.75 Å². The number of carbonyl (C=O) groups excluding carboxylic acids is 2. The number of nitrogens with one attached hydrogen (secondary N) is 1. The van der Waals surface area contributed by atoms with Gasteiger partial charge in [0.25, 0.3) is 5.91 Å². The van der Waals surface area contributed by atoms with Crippen molar-refractivity contribution in [1.82, 2.24) is 10.3 Å². The number of benzene rings is 2. The molecule has 0 unspecified atom stereocenters. The average Bonchev–Trinajstić information content (AvgIpc) is 2.91. The van der Waals surface area contributed by atoms with Crippen molar-refractivity contribution >= 4 is 46.3 Å². The van der Waals surface area contributed by atoms with Crippen LogP contribution < -0.4 is 15.0 Å². The Balaban J connectivity index is 1.59. The summed E-state index contributed by atoms with van der Waals surface area (Å²) >= 11 is 12.6. The van der Waals surface area contributed by atoms with E-state index >= 15 is 0 Å². The highest BCUT2D eigenvalue weighted by Gasteiger charge is 2.22. The second-order valence-electron chi connectivity index (χ2n) is 8.11. The lowest BCUT2D eigenvalue weighted by Crippen LogP contribution is -2.31. The van der Waals surface area contributed by atoms with Crippen LogP contribution in [0.4, 0.5) is 5.69 Å². The van der Waals surface area contributed by atoms with Gasteiger partial charge in [0.2, 0.25) is 0 Å². The van der Waals surface area contributed by atoms with Crippen molar-refractivity contribution < 1.29 is 19.1 Å². The number of nitrogens with zero attached hydrogens (tertiary/aromatic N) is 2. The molecular formula is C27H25Cl2N3O4. The Labute approximate surface area is 219 Å². The van der Waals surface area contributed by atoms with Gasteiger partial charge in [-0.2, -0.15) is 0 Å². The minimum atomic E-state index is -0.580. The number of hydrogen-bond acceptors (Lipinski definition) is 6. The van der Waals surface area contributed by atoms with E-state index in [0.29, 0.717) is 17.1 Å². The SMILES string of the molecule is COC(=O)CNC(=O)c1nc(Cl)c(C2=CCN(c3ccc(Cl)cc3)CC2)cc1OCc1ccccc1. The summed E-state index contributed by atoms with van der Waals surface area (Å²) in [6, 6.07) is 19.1. The fraction of sp³-hybridized carbons (Fsp3) is 0.222. The minimum absolute atomic E-state index is 0.00258. The van der Waals surface area contributed by atoms with E-state index in [0.717, 1.165) is 29.8 Å². The van der Waals surface area contributed by atoms with Crippen LogP contribution in [-0.4, -0.2) is 43.6 Å². The molecule has 0 saturated carbocycles. The molecule has 0 spiro atoms. The van der Waals surface area contributed by atoms with Crippen LogP contribution in [0.2, 0.25) is 10.2 Å². The van der Waals surface area contributed by atoms with Gasteiger partial charge in [0, 0.05) is 29.4 Å². The first-order valence-corrected chi connectivity index (χ1v) is 12.1. The van der Waals surface area contributed by atoms with Gasteiger partial charge in [0.05, 0.1) is 7.11 Å². The van der Waals surface area contributed by atoms with E-state index in [1.807, 2.05) is 54.6 Å². The van der Waals surface area contributed by atoms with Gasteiger partial charge in [-0.1, -0.05) is 59.6 Å². The summed E-state index contributed by atoms with van der Waals surface area (Å²) in [4.78, 5) is 30.9. The van der Waals surface area contributed by atoms with Crippen LogP contribution in [0.15, 0.2) is 66.7 Å². The second-order valence-corrected chi connectivity index (χ2v) is 8.90. The number of anilines is 1. The van der Waals surface area contributed by atoms with E-state index in [1.54, 1.807) is 6.07 Å². The van der Waals surface area contributed by atoms with Gasteiger partial charge in [-0.05, 0) is 47.9 Å². The summed E-state index contributed by atoms with van der Waals surface area (Å²) in [7, 11) is 1.25. The van der Waals surface area contributed by atoms with E-state index in [4.69, 9.17) is 27.9 Å². The number of amides is 1. The molecule has 0 atom stereocenters. The molecule has 2 heterocycles. The first kappa shape index (κ1) is 25.5. The van der Waals surface area contributed by atoms with Gasteiger partial charge in [-0.15, -0.1) is 0 Å². The molecule has 0 bridgehead atoms. The zero-order valence-corrected chi connectivity index (χ0v) is 21.2. The van der Waals surface area contributed by atoms with Crippen LogP contribution in [0, 0.1) is 0 Å². The highest BCUT2D eigenvalue weighted by molar-refractivity contribution is 6.31. The third-order valence-corrected chi connectivity index (χ3v) is 6.30. The molecule has 0 fully saturated rings. The summed E-state index contributed by atoms with van der Waals surface area (Å²) in [5.41, 5.74) is 3.75. The molecule has 0 radical (unpaired) electrons. The van der Waals surface area contributed by atoms with E-state index in [9.17, 15) is 9.59 Å². The lowest BCUT2D eigenvalue weighted by Gasteiger charge is -2.29. The monoisotopic (exact) mass is 525 g/mol. The molecule has 0 saturated heterocycles. The molecule has 2 aromatic carbocycles. The van der Waals surface area contributed by atoms with Crippen molar-refractivity contribution in [1.29, 1.82) is 0 Å². The summed E-state index contributed by atoms with van der Waals surface area (Å²) in [5.74, 6) is -0.875. The molecule has 1 amide bonds.